The minimum absolute atomic E-state index is 0.0314. The predicted molar refractivity (Wildman–Crippen MR) is 139 cm³/mol. The molecule has 1 unspecified atom stereocenters. The van der Waals surface area contributed by atoms with Crippen molar-refractivity contribution in [3.63, 3.8) is 0 Å². The van der Waals surface area contributed by atoms with Crippen LogP contribution in [0, 0.1) is 18.7 Å². The summed E-state index contributed by atoms with van der Waals surface area (Å²) in [6.07, 6.45) is 6.38. The van der Waals surface area contributed by atoms with Crippen molar-refractivity contribution < 1.29 is 22.8 Å². The molecule has 0 radical (unpaired) electrons. The Morgan fingerprint density at radius 1 is 1.16 bits per heavy atom. The highest BCUT2D eigenvalue weighted by atomic mass is 31.2. The summed E-state index contributed by atoms with van der Waals surface area (Å²) in [5.74, 6) is -4.54. The van der Waals surface area contributed by atoms with Gasteiger partial charge in [-0.05, 0) is 64.5 Å². The fourth-order valence-corrected chi connectivity index (χ4v) is 8.24. The van der Waals surface area contributed by atoms with Gasteiger partial charge in [0.2, 0.25) is 0 Å². The van der Waals surface area contributed by atoms with Crippen molar-refractivity contribution in [2.75, 3.05) is 17.6 Å². The van der Waals surface area contributed by atoms with Crippen molar-refractivity contribution in [3.05, 3.63) is 53.2 Å². The lowest BCUT2D eigenvalue weighted by Crippen LogP contribution is -2.52. The highest BCUT2D eigenvalue weighted by Gasteiger charge is 2.57. The van der Waals surface area contributed by atoms with Gasteiger partial charge in [-0.1, -0.05) is 18.6 Å². The maximum absolute atomic E-state index is 15.6. The number of rotatable bonds is 7. The van der Waals surface area contributed by atoms with Crippen LogP contribution in [-0.2, 0) is 10.5 Å². The fraction of sp³-hybridized carbons (Fsp3) is 0.519. The van der Waals surface area contributed by atoms with E-state index in [2.05, 4.69) is 20.3 Å². The molecule has 198 valence electrons. The van der Waals surface area contributed by atoms with Gasteiger partial charge in [-0.2, -0.15) is 8.78 Å². The van der Waals surface area contributed by atoms with Gasteiger partial charge < -0.3 is 15.0 Å². The molecule has 37 heavy (non-hydrogen) atoms. The van der Waals surface area contributed by atoms with Crippen LogP contribution in [0.3, 0.4) is 0 Å². The van der Waals surface area contributed by atoms with E-state index in [0.29, 0.717) is 53.1 Å². The second-order valence-electron chi connectivity index (χ2n) is 10.6. The van der Waals surface area contributed by atoms with Crippen LogP contribution in [0.15, 0.2) is 30.5 Å². The number of aromatic nitrogens is 3. The predicted octanol–water partition coefficient (Wildman–Crippen LogP) is 6.07. The maximum atomic E-state index is 15.6. The number of anilines is 1. The lowest BCUT2D eigenvalue weighted by atomic mass is 9.69. The summed E-state index contributed by atoms with van der Waals surface area (Å²) in [6, 6.07) is 4.88. The van der Waals surface area contributed by atoms with Crippen LogP contribution in [0.5, 0.6) is 0 Å². The van der Waals surface area contributed by atoms with Gasteiger partial charge >= 0.3 is 5.92 Å². The third kappa shape index (κ3) is 4.44. The molecule has 1 saturated carbocycles. The minimum Gasteiger partial charge on any atom is -0.383 e. The molecule has 3 heterocycles. The summed E-state index contributed by atoms with van der Waals surface area (Å²) >= 11 is 0. The highest BCUT2D eigenvalue weighted by Crippen LogP contribution is 2.51. The van der Waals surface area contributed by atoms with Crippen LogP contribution in [0.1, 0.15) is 68.9 Å². The Balaban J connectivity index is 1.50. The van der Waals surface area contributed by atoms with E-state index in [9.17, 15) is 9.67 Å². The van der Waals surface area contributed by atoms with Crippen LogP contribution < -0.4 is 10.8 Å². The number of alkyl halides is 2. The Hall–Kier alpha value is -2.51. The first-order valence-electron chi connectivity index (χ1n) is 12.8. The Labute approximate surface area is 214 Å². The first-order chi connectivity index (χ1) is 17.4. The number of nitrogens with zero attached hydrogens (tertiary/aromatic N) is 3. The lowest BCUT2D eigenvalue weighted by molar-refractivity contribution is -0.218. The van der Waals surface area contributed by atoms with Crippen LogP contribution in [0.25, 0.3) is 10.9 Å². The van der Waals surface area contributed by atoms with Crippen molar-refractivity contribution in [2.24, 2.45) is 5.92 Å². The van der Waals surface area contributed by atoms with Crippen molar-refractivity contribution in [1.29, 1.82) is 0 Å². The molecule has 0 bridgehead atoms. The molecule has 2 aliphatic rings. The number of halogens is 3. The summed E-state index contributed by atoms with van der Waals surface area (Å²) in [6.45, 7) is 4.48. The van der Waals surface area contributed by atoms with Crippen molar-refractivity contribution in [1.82, 2.24) is 15.0 Å². The monoisotopic (exact) mass is 532 g/mol. The summed E-state index contributed by atoms with van der Waals surface area (Å²) in [4.78, 5) is 13.3. The van der Waals surface area contributed by atoms with E-state index in [1.807, 2.05) is 0 Å². The Bertz CT molecular complexity index is 1380. The number of aliphatic hydroxyl groups is 1. The molecule has 3 aromatic rings. The van der Waals surface area contributed by atoms with Gasteiger partial charge in [-0.25, -0.2) is 14.4 Å². The number of benzene rings is 1. The molecular formula is C27H32F3N4O2P. The number of hydrogen-bond acceptors (Lipinski definition) is 6. The lowest BCUT2D eigenvalue weighted by Gasteiger charge is -2.43. The third-order valence-electron chi connectivity index (χ3n) is 8.11. The normalized spacial score (nSPS) is 20.4. The molecule has 0 spiro atoms. The van der Waals surface area contributed by atoms with Gasteiger partial charge in [-0.15, -0.1) is 0 Å². The zero-order valence-corrected chi connectivity index (χ0v) is 22.2. The van der Waals surface area contributed by atoms with Crippen LogP contribution in [-0.4, -0.2) is 38.0 Å². The van der Waals surface area contributed by atoms with Gasteiger partial charge in [0.15, 0.2) is 0 Å². The summed E-state index contributed by atoms with van der Waals surface area (Å²) in [5.41, 5.74) is -2.04. The molecule has 1 aliphatic carbocycles. The fourth-order valence-electron chi connectivity index (χ4n) is 5.45. The van der Waals surface area contributed by atoms with E-state index in [0.717, 1.165) is 32.3 Å². The Morgan fingerprint density at radius 2 is 1.86 bits per heavy atom. The summed E-state index contributed by atoms with van der Waals surface area (Å²) in [7, 11) is -2.57. The first kappa shape index (κ1) is 26.1. The topological polar surface area (TPSA) is 88.0 Å². The molecule has 1 aliphatic heterocycles. The van der Waals surface area contributed by atoms with Crippen molar-refractivity contribution in [2.45, 2.75) is 70.4 Å². The number of aryl methyl sites for hydroxylation is 1. The van der Waals surface area contributed by atoms with E-state index >= 15 is 13.2 Å². The molecule has 2 fully saturated rings. The number of nitrogens with one attached hydrogen (secondary N) is 1. The molecular weight excluding hydrogens is 500 g/mol. The molecule has 6 nitrogen and oxygen atoms in total. The second-order valence-corrected chi connectivity index (χ2v) is 13.8. The van der Waals surface area contributed by atoms with Gasteiger partial charge in [-0.3, -0.25) is 4.98 Å². The van der Waals surface area contributed by atoms with Crippen molar-refractivity contribution in [3.8, 4) is 0 Å². The average molecular weight is 533 g/mol. The van der Waals surface area contributed by atoms with Crippen LogP contribution in [0.2, 0.25) is 0 Å². The summed E-state index contributed by atoms with van der Waals surface area (Å²) < 4.78 is 59.9. The van der Waals surface area contributed by atoms with Gasteiger partial charge in [0.1, 0.15) is 35.6 Å². The van der Waals surface area contributed by atoms with E-state index in [4.69, 9.17) is 0 Å². The highest BCUT2D eigenvalue weighted by molar-refractivity contribution is 7.71. The quantitative estimate of drug-likeness (QED) is 0.359. The van der Waals surface area contributed by atoms with Gasteiger partial charge in [0.05, 0.1) is 23.3 Å². The molecule has 5 rings (SSSR count). The van der Waals surface area contributed by atoms with E-state index < -0.39 is 42.0 Å². The molecule has 2 N–H and O–H groups in total. The smallest absolute Gasteiger partial charge is 0.304 e. The van der Waals surface area contributed by atoms with Gasteiger partial charge in [0.25, 0.3) is 0 Å². The average Bonchev–Trinajstić information content (AvgIpc) is 3.24. The van der Waals surface area contributed by atoms with Crippen molar-refractivity contribution >= 4 is 29.3 Å². The van der Waals surface area contributed by atoms with E-state index in [1.165, 1.54) is 12.1 Å². The summed E-state index contributed by atoms with van der Waals surface area (Å²) in [5, 5.41) is 14.5. The van der Waals surface area contributed by atoms with Crippen LogP contribution >= 0.6 is 7.14 Å². The van der Waals surface area contributed by atoms with Crippen LogP contribution in [0.4, 0.5) is 19.0 Å². The Kier molecular flexibility index (Phi) is 6.60. The zero-order chi connectivity index (χ0) is 26.6. The Morgan fingerprint density at radius 3 is 2.51 bits per heavy atom. The molecule has 2 aromatic heterocycles. The SMILES string of the molecule is Cc1nc(N[C@H](C)c2cccc(C(F)(F)C(C)(O)C3CCC3)c2F)c2cc(P3(=O)CCCC3)ncc2n1. The maximum Gasteiger partial charge on any atom is 0.304 e. The first-order valence-corrected chi connectivity index (χ1v) is 14.9. The number of pyridine rings is 1. The zero-order valence-electron chi connectivity index (χ0n) is 21.3. The molecule has 2 atom stereocenters. The minimum atomic E-state index is -3.76. The number of fused-ring (bicyclic) bond motifs is 1. The molecule has 0 amide bonds. The molecule has 10 heteroatoms. The number of hydrogen-bond donors (Lipinski definition) is 2. The molecule has 1 saturated heterocycles. The van der Waals surface area contributed by atoms with Gasteiger partial charge in [0, 0.05) is 23.3 Å². The second kappa shape index (κ2) is 9.35. The largest absolute Gasteiger partial charge is 0.383 e. The van der Waals surface area contributed by atoms with E-state index in [-0.39, 0.29) is 5.56 Å². The standard InChI is InChI=1S/C27H32F3N4O2P/c1-16(19-10-7-11-21(24(19)28)27(29,30)26(3,35)18-8-6-9-18)32-25-20-14-23(37(36)12-4-5-13-37)31-15-22(20)33-17(2)34-25/h7,10-11,14-16,18,35H,4-6,8-9,12-13H2,1-3H3,(H,32,33,34)/t16-,26?/m1/s1. The molecule has 1 aromatic carbocycles. The van der Waals surface area contributed by atoms with E-state index in [1.54, 1.807) is 26.1 Å². The third-order valence-corrected chi connectivity index (χ3v) is 11.3.